The molecule has 4 rings (SSSR count). The summed E-state index contributed by atoms with van der Waals surface area (Å²) in [5.74, 6) is -0.291. The molecular weight excluding hydrogens is 410 g/mol. The van der Waals surface area contributed by atoms with Gasteiger partial charge >= 0.3 is 0 Å². The highest BCUT2D eigenvalue weighted by Crippen LogP contribution is 2.27. The van der Waals surface area contributed by atoms with Gasteiger partial charge in [-0.25, -0.2) is 5.43 Å². The Morgan fingerprint density at radius 3 is 2.23 bits per heavy atom. The Morgan fingerprint density at radius 2 is 1.55 bits per heavy atom. The molecule has 3 aromatic carbocycles. The number of hydrogen-bond acceptors (Lipinski definition) is 3. The van der Waals surface area contributed by atoms with E-state index in [-0.39, 0.29) is 17.9 Å². The molecule has 31 heavy (non-hydrogen) atoms. The highest BCUT2D eigenvalue weighted by atomic mass is 35.5. The highest BCUT2D eigenvalue weighted by Gasteiger charge is 2.25. The number of fused-ring (bicyclic) bond motifs is 1. The number of carbonyl (C=O) groups is 1. The standard InChI is InChI=1S/C25H22ClN3O2/c1-25(2,18-8-4-3-5-9-18)16-22(30)27-29-24(31)21-11-7-6-10-20(21)23(28-29)17-12-14-19(26)15-13-17/h3-15H,16H2,1-2H3,(H,27,30). The molecular formula is C25H22ClN3O2. The van der Waals surface area contributed by atoms with Crippen LogP contribution < -0.4 is 11.0 Å². The smallest absolute Gasteiger partial charge is 0.273 e. The third-order valence-corrected chi connectivity index (χ3v) is 5.56. The topological polar surface area (TPSA) is 64.0 Å². The Kier molecular flexibility index (Phi) is 5.61. The van der Waals surface area contributed by atoms with Crippen molar-refractivity contribution in [2.75, 3.05) is 5.43 Å². The number of amides is 1. The molecule has 0 aliphatic carbocycles. The van der Waals surface area contributed by atoms with Crippen LogP contribution in [0.2, 0.25) is 5.02 Å². The van der Waals surface area contributed by atoms with Gasteiger partial charge in [-0.3, -0.25) is 9.59 Å². The number of aromatic nitrogens is 2. The predicted octanol–water partition coefficient (Wildman–Crippen LogP) is 5.15. The maximum absolute atomic E-state index is 13.0. The minimum atomic E-state index is -0.398. The van der Waals surface area contributed by atoms with Crippen molar-refractivity contribution in [2.24, 2.45) is 0 Å². The van der Waals surface area contributed by atoms with Gasteiger partial charge in [0.2, 0.25) is 5.91 Å². The molecule has 0 spiro atoms. The Bertz CT molecular complexity index is 1300. The van der Waals surface area contributed by atoms with Gasteiger partial charge in [0.1, 0.15) is 5.69 Å². The lowest BCUT2D eigenvalue weighted by Gasteiger charge is -2.24. The van der Waals surface area contributed by atoms with Crippen LogP contribution >= 0.6 is 11.6 Å². The normalized spacial score (nSPS) is 11.5. The van der Waals surface area contributed by atoms with Gasteiger partial charge in [0.05, 0.1) is 5.39 Å². The van der Waals surface area contributed by atoms with E-state index in [0.29, 0.717) is 21.5 Å². The molecule has 4 aromatic rings. The fourth-order valence-electron chi connectivity index (χ4n) is 3.64. The first kappa shape index (κ1) is 20.8. The second-order valence-electron chi connectivity index (χ2n) is 8.08. The van der Waals surface area contributed by atoms with E-state index in [1.807, 2.05) is 68.4 Å². The lowest BCUT2D eigenvalue weighted by atomic mass is 9.81. The van der Waals surface area contributed by atoms with Gasteiger partial charge in [-0.15, -0.1) is 9.89 Å². The Balaban J connectivity index is 1.71. The zero-order valence-corrected chi connectivity index (χ0v) is 18.1. The SMILES string of the molecule is CC(C)(CC(=O)Nn1nc(-c2ccc(Cl)cc2)c2ccccc2c1=O)c1ccccc1. The lowest BCUT2D eigenvalue weighted by molar-refractivity contribution is -0.118. The molecule has 1 N–H and O–H groups in total. The van der Waals surface area contributed by atoms with E-state index in [4.69, 9.17) is 11.6 Å². The van der Waals surface area contributed by atoms with Crippen molar-refractivity contribution >= 4 is 28.3 Å². The van der Waals surface area contributed by atoms with E-state index in [0.717, 1.165) is 15.9 Å². The minimum absolute atomic E-state index is 0.203. The van der Waals surface area contributed by atoms with Crippen LogP contribution in [0.4, 0.5) is 0 Å². The fourth-order valence-corrected chi connectivity index (χ4v) is 3.76. The summed E-state index contributed by atoms with van der Waals surface area (Å²) in [4.78, 5) is 26.9. The monoisotopic (exact) mass is 431 g/mol. The summed E-state index contributed by atoms with van der Waals surface area (Å²) < 4.78 is 0. The number of nitrogens with zero attached hydrogens (tertiary/aromatic N) is 2. The van der Waals surface area contributed by atoms with Gasteiger partial charge in [0.25, 0.3) is 5.56 Å². The first-order valence-corrected chi connectivity index (χ1v) is 10.4. The van der Waals surface area contributed by atoms with Crippen LogP contribution in [0.1, 0.15) is 25.8 Å². The third kappa shape index (κ3) is 4.37. The largest absolute Gasteiger partial charge is 0.294 e. The van der Waals surface area contributed by atoms with Gasteiger partial charge in [-0.2, -0.15) is 0 Å². The first-order valence-electron chi connectivity index (χ1n) is 9.98. The van der Waals surface area contributed by atoms with Crippen molar-refractivity contribution in [1.82, 2.24) is 9.89 Å². The molecule has 5 nitrogen and oxygen atoms in total. The Morgan fingerprint density at radius 1 is 0.935 bits per heavy atom. The molecule has 156 valence electrons. The van der Waals surface area contributed by atoms with Gasteiger partial charge in [0, 0.05) is 22.4 Å². The van der Waals surface area contributed by atoms with Crippen molar-refractivity contribution in [3.05, 3.63) is 99.8 Å². The molecule has 6 heteroatoms. The number of rotatable bonds is 5. The molecule has 1 aromatic heterocycles. The summed E-state index contributed by atoms with van der Waals surface area (Å²) in [7, 11) is 0. The van der Waals surface area contributed by atoms with Crippen LogP contribution in [-0.4, -0.2) is 15.8 Å². The molecule has 0 radical (unpaired) electrons. The Hall–Kier alpha value is -3.44. The highest BCUT2D eigenvalue weighted by molar-refractivity contribution is 6.30. The van der Waals surface area contributed by atoms with Gasteiger partial charge in [0.15, 0.2) is 0 Å². The van der Waals surface area contributed by atoms with Crippen LogP contribution in [0.3, 0.4) is 0 Å². The summed E-state index contributed by atoms with van der Waals surface area (Å²) in [6.07, 6.45) is 0.203. The Labute approximate surface area is 185 Å². The molecule has 0 unspecified atom stereocenters. The van der Waals surface area contributed by atoms with Crippen molar-refractivity contribution in [1.29, 1.82) is 0 Å². The molecule has 1 heterocycles. The van der Waals surface area contributed by atoms with Crippen LogP contribution in [-0.2, 0) is 10.2 Å². The number of hydrogen-bond donors (Lipinski definition) is 1. The molecule has 1 amide bonds. The second-order valence-corrected chi connectivity index (χ2v) is 8.52. The zero-order valence-electron chi connectivity index (χ0n) is 17.3. The predicted molar refractivity (Wildman–Crippen MR) is 125 cm³/mol. The second kappa shape index (κ2) is 8.36. The number of nitrogens with one attached hydrogen (secondary N) is 1. The fraction of sp³-hybridized carbons (Fsp3) is 0.160. The van der Waals surface area contributed by atoms with Crippen molar-refractivity contribution in [3.63, 3.8) is 0 Å². The molecule has 0 saturated heterocycles. The molecule has 0 bridgehead atoms. The average Bonchev–Trinajstić information content (AvgIpc) is 2.77. The summed E-state index contributed by atoms with van der Waals surface area (Å²) >= 11 is 6.02. The maximum Gasteiger partial charge on any atom is 0.294 e. The van der Waals surface area contributed by atoms with Crippen molar-refractivity contribution in [3.8, 4) is 11.3 Å². The lowest BCUT2D eigenvalue weighted by Crippen LogP contribution is -2.38. The summed E-state index contributed by atoms with van der Waals surface area (Å²) in [6, 6.07) is 24.3. The number of benzene rings is 3. The van der Waals surface area contributed by atoms with E-state index < -0.39 is 5.41 Å². The van der Waals surface area contributed by atoms with Crippen LogP contribution in [0.15, 0.2) is 83.7 Å². The average molecular weight is 432 g/mol. The van der Waals surface area contributed by atoms with Gasteiger partial charge in [-0.1, -0.05) is 86.1 Å². The molecule has 0 saturated carbocycles. The number of halogens is 1. The van der Waals surface area contributed by atoms with E-state index in [2.05, 4.69) is 10.5 Å². The van der Waals surface area contributed by atoms with E-state index in [1.165, 1.54) is 0 Å². The zero-order chi connectivity index (χ0) is 22.0. The van der Waals surface area contributed by atoms with Crippen molar-refractivity contribution < 1.29 is 4.79 Å². The summed E-state index contributed by atoms with van der Waals surface area (Å²) in [6.45, 7) is 4.00. The molecule has 0 atom stereocenters. The molecule has 0 aliphatic heterocycles. The third-order valence-electron chi connectivity index (χ3n) is 5.31. The van der Waals surface area contributed by atoms with Crippen LogP contribution in [0.25, 0.3) is 22.0 Å². The molecule has 0 aliphatic rings. The van der Waals surface area contributed by atoms with Crippen LogP contribution in [0, 0.1) is 0 Å². The summed E-state index contributed by atoms with van der Waals surface area (Å²) in [5.41, 5.74) is 4.34. The van der Waals surface area contributed by atoms with E-state index >= 15 is 0 Å². The number of carbonyl (C=O) groups excluding carboxylic acids is 1. The van der Waals surface area contributed by atoms with Crippen molar-refractivity contribution in [2.45, 2.75) is 25.7 Å². The molecule has 0 fully saturated rings. The minimum Gasteiger partial charge on any atom is -0.273 e. The summed E-state index contributed by atoms with van der Waals surface area (Å²) in [5, 5.41) is 6.27. The van der Waals surface area contributed by atoms with Gasteiger partial charge < -0.3 is 0 Å². The van der Waals surface area contributed by atoms with E-state index in [9.17, 15) is 9.59 Å². The quantitative estimate of drug-likeness (QED) is 0.475. The first-order chi connectivity index (χ1) is 14.8. The van der Waals surface area contributed by atoms with E-state index in [1.54, 1.807) is 24.3 Å². The van der Waals surface area contributed by atoms with Gasteiger partial charge in [-0.05, 0) is 29.2 Å². The van der Waals surface area contributed by atoms with Crippen LogP contribution in [0.5, 0.6) is 0 Å². The maximum atomic E-state index is 13.0.